The summed E-state index contributed by atoms with van der Waals surface area (Å²) in [4.78, 5) is 13.4. The molecule has 0 bridgehead atoms. The van der Waals surface area contributed by atoms with Crippen molar-refractivity contribution in [2.75, 3.05) is 11.9 Å². The number of hydrogen-bond donors (Lipinski definition) is 2. The number of nitriles is 1. The lowest BCUT2D eigenvalue weighted by molar-refractivity contribution is -0.115. The summed E-state index contributed by atoms with van der Waals surface area (Å²) in [5, 5.41) is 19.5. The van der Waals surface area contributed by atoms with Gasteiger partial charge in [-0.2, -0.15) is 5.26 Å². The zero-order valence-corrected chi connectivity index (χ0v) is 14.4. The minimum atomic E-state index is -0.161. The molecular weight excluding hydrogens is 338 g/mol. The molecule has 120 valence electrons. The number of amides is 1. The molecule has 1 aromatic carbocycles. The predicted octanol–water partition coefficient (Wildman–Crippen LogP) is 4.00. The van der Waals surface area contributed by atoms with E-state index in [1.165, 1.54) is 11.3 Å². The van der Waals surface area contributed by atoms with E-state index >= 15 is 0 Å². The Morgan fingerprint density at radius 2 is 1.92 bits per heavy atom. The zero-order valence-electron chi connectivity index (χ0n) is 12.7. The Morgan fingerprint density at radius 3 is 2.62 bits per heavy atom. The average Bonchev–Trinajstić information content (AvgIpc) is 3.28. The van der Waals surface area contributed by atoms with E-state index in [0.29, 0.717) is 10.6 Å². The fraction of sp³-hybridized carbons (Fsp3) is 0.111. The molecule has 0 saturated carbocycles. The lowest BCUT2D eigenvalue weighted by atomic mass is 10.1. The minimum Gasteiger partial charge on any atom is -0.315 e. The first-order valence-corrected chi connectivity index (χ1v) is 9.13. The molecule has 3 aromatic rings. The topological polar surface area (TPSA) is 64.9 Å². The van der Waals surface area contributed by atoms with Gasteiger partial charge in [-0.15, -0.1) is 22.7 Å². The number of carbonyl (C=O) groups excluding carboxylic acids is 1. The Labute approximate surface area is 148 Å². The Kier molecular flexibility index (Phi) is 5.39. The number of carbonyl (C=O) groups is 1. The van der Waals surface area contributed by atoms with E-state index in [9.17, 15) is 4.79 Å². The minimum absolute atomic E-state index is 0.0317. The van der Waals surface area contributed by atoms with Gasteiger partial charge >= 0.3 is 0 Å². The van der Waals surface area contributed by atoms with Gasteiger partial charge in [-0.05, 0) is 28.5 Å². The van der Waals surface area contributed by atoms with Gasteiger partial charge in [-0.1, -0.05) is 36.4 Å². The van der Waals surface area contributed by atoms with Crippen molar-refractivity contribution in [1.29, 1.82) is 5.26 Å². The second-order valence-corrected chi connectivity index (χ2v) is 6.96. The van der Waals surface area contributed by atoms with Crippen LogP contribution in [0.2, 0.25) is 0 Å². The molecule has 0 aliphatic carbocycles. The second-order valence-electron chi connectivity index (χ2n) is 5.06. The van der Waals surface area contributed by atoms with E-state index in [4.69, 9.17) is 5.26 Å². The van der Waals surface area contributed by atoms with Crippen molar-refractivity contribution in [3.63, 3.8) is 0 Å². The first-order valence-electron chi connectivity index (χ1n) is 7.37. The number of thiophene rings is 2. The van der Waals surface area contributed by atoms with Crippen molar-refractivity contribution in [3.05, 3.63) is 75.3 Å². The summed E-state index contributed by atoms with van der Waals surface area (Å²) in [5.41, 5.74) is 1.60. The Morgan fingerprint density at radius 1 is 1.08 bits per heavy atom. The Hall–Kier alpha value is -2.46. The van der Waals surface area contributed by atoms with Crippen molar-refractivity contribution >= 4 is 33.6 Å². The highest BCUT2D eigenvalue weighted by molar-refractivity contribution is 7.14. The molecule has 3 rings (SSSR count). The van der Waals surface area contributed by atoms with E-state index in [2.05, 4.69) is 22.8 Å². The van der Waals surface area contributed by atoms with E-state index in [0.717, 1.165) is 10.4 Å². The quantitative estimate of drug-likeness (QED) is 0.704. The van der Waals surface area contributed by atoms with Gasteiger partial charge in [0.2, 0.25) is 5.91 Å². The smallest absolute Gasteiger partial charge is 0.238 e. The van der Waals surface area contributed by atoms with Crippen LogP contribution in [0.4, 0.5) is 5.00 Å². The molecule has 1 atom stereocenters. The van der Waals surface area contributed by atoms with Crippen LogP contribution >= 0.6 is 22.7 Å². The molecule has 0 unspecified atom stereocenters. The van der Waals surface area contributed by atoms with Crippen molar-refractivity contribution < 1.29 is 4.79 Å². The fourth-order valence-corrected chi connectivity index (χ4v) is 3.92. The molecule has 0 fully saturated rings. The second kappa shape index (κ2) is 7.88. The summed E-state index contributed by atoms with van der Waals surface area (Å²) in [7, 11) is 0. The third-order valence-corrected chi connectivity index (χ3v) is 5.23. The summed E-state index contributed by atoms with van der Waals surface area (Å²) in [5.74, 6) is -0.161. The van der Waals surface area contributed by atoms with Crippen LogP contribution in [0, 0.1) is 11.3 Å². The summed E-state index contributed by atoms with van der Waals surface area (Å²) in [6, 6.07) is 17.8. The zero-order chi connectivity index (χ0) is 16.8. The molecule has 2 aromatic heterocycles. The summed E-state index contributed by atoms with van der Waals surface area (Å²) < 4.78 is 0. The summed E-state index contributed by atoms with van der Waals surface area (Å²) in [6.45, 7) is 0.167. The highest BCUT2D eigenvalue weighted by atomic mass is 32.1. The van der Waals surface area contributed by atoms with Crippen LogP contribution in [0.15, 0.2) is 59.3 Å². The van der Waals surface area contributed by atoms with Crippen LogP contribution < -0.4 is 10.6 Å². The molecule has 0 radical (unpaired) electrons. The molecule has 0 aliphatic rings. The van der Waals surface area contributed by atoms with E-state index < -0.39 is 0 Å². The molecular formula is C18H15N3OS2. The highest BCUT2D eigenvalue weighted by Gasteiger charge is 2.16. The largest absolute Gasteiger partial charge is 0.315 e. The summed E-state index contributed by atoms with van der Waals surface area (Å²) in [6.07, 6.45) is 0. The lowest BCUT2D eigenvalue weighted by Gasteiger charge is -2.17. The number of anilines is 1. The van der Waals surface area contributed by atoms with Crippen LogP contribution in [0.5, 0.6) is 0 Å². The van der Waals surface area contributed by atoms with E-state index in [1.54, 1.807) is 22.8 Å². The third kappa shape index (κ3) is 3.89. The van der Waals surface area contributed by atoms with E-state index in [1.807, 2.05) is 41.8 Å². The van der Waals surface area contributed by atoms with Gasteiger partial charge in [0, 0.05) is 4.88 Å². The average molecular weight is 353 g/mol. The number of benzene rings is 1. The van der Waals surface area contributed by atoms with Gasteiger partial charge < -0.3 is 5.32 Å². The highest BCUT2D eigenvalue weighted by Crippen LogP contribution is 2.26. The first kappa shape index (κ1) is 16.4. The molecule has 0 spiro atoms. The van der Waals surface area contributed by atoms with Gasteiger partial charge in [0.15, 0.2) is 0 Å². The molecule has 2 N–H and O–H groups in total. The normalized spacial score (nSPS) is 11.6. The Balaban J connectivity index is 1.68. The van der Waals surface area contributed by atoms with Crippen LogP contribution in [-0.2, 0) is 4.79 Å². The number of nitrogens with one attached hydrogen (secondary N) is 2. The molecule has 24 heavy (non-hydrogen) atoms. The van der Waals surface area contributed by atoms with E-state index in [-0.39, 0.29) is 18.5 Å². The molecule has 6 heteroatoms. The molecule has 4 nitrogen and oxygen atoms in total. The van der Waals surface area contributed by atoms with Crippen molar-refractivity contribution in [2.45, 2.75) is 6.04 Å². The lowest BCUT2D eigenvalue weighted by Crippen LogP contribution is -2.31. The molecule has 0 saturated heterocycles. The maximum absolute atomic E-state index is 12.2. The molecule has 2 heterocycles. The number of rotatable bonds is 6. The standard InChI is InChI=1S/C18H15N3OS2/c19-11-14-8-10-24-18(14)21-16(22)12-20-17(15-7-4-9-23-15)13-5-2-1-3-6-13/h1-10,17,20H,12H2,(H,21,22)/t17-/m0/s1. The van der Waals surface area contributed by atoms with Crippen molar-refractivity contribution in [3.8, 4) is 6.07 Å². The number of nitrogens with zero attached hydrogens (tertiary/aromatic N) is 1. The van der Waals surface area contributed by atoms with Crippen LogP contribution in [0.25, 0.3) is 0 Å². The van der Waals surface area contributed by atoms with Crippen LogP contribution in [0.3, 0.4) is 0 Å². The van der Waals surface area contributed by atoms with Gasteiger partial charge in [-0.25, -0.2) is 0 Å². The number of hydrogen-bond acceptors (Lipinski definition) is 5. The van der Waals surface area contributed by atoms with Crippen molar-refractivity contribution in [2.24, 2.45) is 0 Å². The fourth-order valence-electron chi connectivity index (χ4n) is 2.34. The van der Waals surface area contributed by atoms with Crippen LogP contribution in [0.1, 0.15) is 22.0 Å². The van der Waals surface area contributed by atoms with Gasteiger partial charge in [0.1, 0.15) is 11.1 Å². The Bertz CT molecular complexity index is 835. The third-order valence-electron chi connectivity index (χ3n) is 3.47. The molecule has 0 aliphatic heterocycles. The monoisotopic (exact) mass is 353 g/mol. The predicted molar refractivity (Wildman–Crippen MR) is 98.3 cm³/mol. The maximum atomic E-state index is 12.2. The summed E-state index contributed by atoms with van der Waals surface area (Å²) >= 11 is 3.00. The van der Waals surface area contributed by atoms with Crippen molar-refractivity contribution in [1.82, 2.24) is 5.32 Å². The first-order chi connectivity index (χ1) is 11.8. The SMILES string of the molecule is N#Cc1ccsc1NC(=O)CN[C@@H](c1ccccc1)c1cccs1. The van der Waals surface area contributed by atoms with Gasteiger partial charge in [0.05, 0.1) is 18.2 Å². The van der Waals surface area contributed by atoms with Crippen LogP contribution in [-0.4, -0.2) is 12.5 Å². The maximum Gasteiger partial charge on any atom is 0.238 e. The van der Waals surface area contributed by atoms with Gasteiger partial charge in [0.25, 0.3) is 0 Å². The molecule has 1 amide bonds. The van der Waals surface area contributed by atoms with Gasteiger partial charge in [-0.3, -0.25) is 10.1 Å².